The van der Waals surface area contributed by atoms with Crippen LogP contribution in [0.2, 0.25) is 0 Å². The second kappa shape index (κ2) is 25.8. The van der Waals surface area contributed by atoms with Crippen LogP contribution in [0, 0.1) is 5.92 Å². The number of hydrogen-bond donors (Lipinski definition) is 3. The van der Waals surface area contributed by atoms with Gasteiger partial charge in [-0.25, -0.2) is 14.4 Å². The van der Waals surface area contributed by atoms with Crippen molar-refractivity contribution in [2.24, 2.45) is 17.4 Å². The van der Waals surface area contributed by atoms with E-state index in [-0.39, 0.29) is 38.3 Å². The van der Waals surface area contributed by atoms with Crippen molar-refractivity contribution in [2.45, 2.75) is 27.7 Å². The van der Waals surface area contributed by atoms with Gasteiger partial charge in [-0.1, -0.05) is 26.7 Å². The highest BCUT2D eigenvalue weighted by Gasteiger charge is 2.14. The standard InChI is InChI=1S/C12H21NO4S.C10H14O4.C2H7NS/c1-9(2)11(14)16-5-6-17-12(15)10(3)8-18-7-4-13;1-7(2)9(11)13-5-6-14-10(12)8(3)4;3-1-2-4/h10H,1,4-8,13H2,2-3H3;1,3,5-6H2,2,4H3;4H,1-3H2. The third kappa shape index (κ3) is 26.3. The zero-order valence-corrected chi connectivity index (χ0v) is 23.5. The van der Waals surface area contributed by atoms with E-state index < -0.39 is 17.9 Å². The molecule has 0 aromatic carbocycles. The van der Waals surface area contributed by atoms with Gasteiger partial charge < -0.3 is 30.4 Å². The van der Waals surface area contributed by atoms with Crippen molar-refractivity contribution in [2.75, 3.05) is 56.8 Å². The van der Waals surface area contributed by atoms with Gasteiger partial charge in [0.15, 0.2) is 0 Å². The molecule has 4 N–H and O–H groups in total. The van der Waals surface area contributed by atoms with Gasteiger partial charge in [0.2, 0.25) is 0 Å². The third-order valence-corrected chi connectivity index (χ3v) is 4.84. The number of carbonyl (C=O) groups is 4. The maximum absolute atomic E-state index is 11.5. The molecule has 36 heavy (non-hydrogen) atoms. The van der Waals surface area contributed by atoms with Crippen LogP contribution in [0.1, 0.15) is 27.7 Å². The average Bonchev–Trinajstić information content (AvgIpc) is 2.84. The van der Waals surface area contributed by atoms with Gasteiger partial charge in [-0.3, -0.25) is 4.79 Å². The van der Waals surface area contributed by atoms with Crippen LogP contribution in [0.5, 0.6) is 0 Å². The number of nitrogens with two attached hydrogens (primary N) is 2. The summed E-state index contributed by atoms with van der Waals surface area (Å²) in [4.78, 5) is 44.2. The summed E-state index contributed by atoms with van der Waals surface area (Å²) < 4.78 is 19.1. The Bertz CT molecular complexity index is 684. The Labute approximate surface area is 224 Å². The number of esters is 4. The van der Waals surface area contributed by atoms with Gasteiger partial charge in [0.25, 0.3) is 0 Å². The lowest BCUT2D eigenvalue weighted by atomic mass is 10.2. The average molecular weight is 551 g/mol. The van der Waals surface area contributed by atoms with Crippen molar-refractivity contribution in [1.29, 1.82) is 0 Å². The van der Waals surface area contributed by atoms with Crippen molar-refractivity contribution in [1.82, 2.24) is 0 Å². The van der Waals surface area contributed by atoms with E-state index in [0.717, 1.165) is 11.5 Å². The fourth-order valence-corrected chi connectivity index (χ4v) is 2.29. The molecule has 0 rings (SSSR count). The maximum atomic E-state index is 11.5. The maximum Gasteiger partial charge on any atom is 0.333 e. The van der Waals surface area contributed by atoms with Crippen LogP contribution in [-0.2, 0) is 38.1 Å². The van der Waals surface area contributed by atoms with Crippen molar-refractivity contribution >= 4 is 48.3 Å². The van der Waals surface area contributed by atoms with Crippen LogP contribution >= 0.6 is 24.4 Å². The first kappa shape index (κ1) is 38.3. The largest absolute Gasteiger partial charge is 0.462 e. The summed E-state index contributed by atoms with van der Waals surface area (Å²) >= 11 is 5.41. The Morgan fingerprint density at radius 3 is 1.36 bits per heavy atom. The number of thiol groups is 1. The molecule has 0 amide bonds. The SMILES string of the molecule is C=C(C)C(=O)OCCOC(=O)C(=C)C.C=C(C)C(=O)OCCOC(=O)C(C)CSCCN.NCCS. The molecule has 1 unspecified atom stereocenters. The normalized spacial score (nSPS) is 10.2. The minimum Gasteiger partial charge on any atom is -0.462 e. The lowest BCUT2D eigenvalue weighted by Crippen LogP contribution is -2.20. The second-order valence-corrected chi connectivity index (χ2v) is 8.79. The number of rotatable bonds is 15. The fourth-order valence-electron chi connectivity index (χ4n) is 1.47. The first-order valence-corrected chi connectivity index (χ1v) is 12.9. The minimum atomic E-state index is -0.489. The fraction of sp³-hybridized carbons (Fsp3) is 0.583. The predicted molar refractivity (Wildman–Crippen MR) is 147 cm³/mol. The first-order valence-electron chi connectivity index (χ1n) is 11.1. The first-order chi connectivity index (χ1) is 16.8. The summed E-state index contributed by atoms with van der Waals surface area (Å²) in [6.45, 7) is 18.2. The number of hydrogen-bond acceptors (Lipinski definition) is 12. The molecule has 0 bridgehead atoms. The van der Waals surface area contributed by atoms with Gasteiger partial charge in [-0.2, -0.15) is 24.4 Å². The molecule has 0 aliphatic carbocycles. The van der Waals surface area contributed by atoms with Crippen molar-refractivity contribution in [3.63, 3.8) is 0 Å². The van der Waals surface area contributed by atoms with Gasteiger partial charge in [0.1, 0.15) is 26.4 Å². The highest BCUT2D eigenvalue weighted by Crippen LogP contribution is 2.09. The van der Waals surface area contributed by atoms with E-state index in [1.165, 1.54) is 0 Å². The molecule has 0 spiro atoms. The van der Waals surface area contributed by atoms with E-state index in [1.807, 2.05) is 0 Å². The third-order valence-electron chi connectivity index (χ3n) is 3.32. The zero-order chi connectivity index (χ0) is 28.5. The lowest BCUT2D eigenvalue weighted by Gasteiger charge is -2.11. The number of ether oxygens (including phenoxy) is 4. The van der Waals surface area contributed by atoms with Gasteiger partial charge in [0.05, 0.1) is 5.92 Å². The molecule has 0 heterocycles. The van der Waals surface area contributed by atoms with Crippen LogP contribution in [0.4, 0.5) is 0 Å². The van der Waals surface area contributed by atoms with E-state index in [9.17, 15) is 19.2 Å². The van der Waals surface area contributed by atoms with Gasteiger partial charge in [-0.15, -0.1) is 0 Å². The quantitative estimate of drug-likeness (QED) is 0.0901. The molecule has 208 valence electrons. The molecule has 0 aromatic heterocycles. The van der Waals surface area contributed by atoms with Crippen molar-refractivity contribution in [3.8, 4) is 0 Å². The second-order valence-electron chi connectivity index (χ2n) is 7.19. The molecule has 0 fully saturated rings. The van der Waals surface area contributed by atoms with E-state index in [1.54, 1.807) is 39.5 Å². The Hall–Kier alpha value is -2.28. The van der Waals surface area contributed by atoms with E-state index >= 15 is 0 Å². The summed E-state index contributed by atoms with van der Waals surface area (Å²) in [6.07, 6.45) is 0. The van der Waals surface area contributed by atoms with Crippen LogP contribution < -0.4 is 11.5 Å². The Balaban J connectivity index is -0.000000538. The number of carbonyl (C=O) groups excluding carboxylic acids is 4. The van der Waals surface area contributed by atoms with Crippen molar-refractivity contribution in [3.05, 3.63) is 36.5 Å². The molecule has 0 aliphatic rings. The Kier molecular flexibility index (Phi) is 27.4. The van der Waals surface area contributed by atoms with Crippen LogP contribution in [-0.4, -0.2) is 80.7 Å². The summed E-state index contributed by atoms with van der Waals surface area (Å²) in [5.74, 6) is 0.379. The Morgan fingerprint density at radius 1 is 0.750 bits per heavy atom. The van der Waals surface area contributed by atoms with Gasteiger partial charge in [0, 0.05) is 47.1 Å². The Morgan fingerprint density at radius 2 is 1.08 bits per heavy atom. The van der Waals surface area contributed by atoms with Crippen molar-refractivity contribution < 1.29 is 38.1 Å². The lowest BCUT2D eigenvalue weighted by molar-refractivity contribution is -0.152. The highest BCUT2D eigenvalue weighted by molar-refractivity contribution is 7.99. The molecule has 10 nitrogen and oxygen atoms in total. The smallest absolute Gasteiger partial charge is 0.333 e. The molecular formula is C24H42N2O8S2. The van der Waals surface area contributed by atoms with Gasteiger partial charge in [-0.05, 0) is 20.8 Å². The van der Waals surface area contributed by atoms with Crippen LogP contribution in [0.25, 0.3) is 0 Å². The molecule has 1 atom stereocenters. The predicted octanol–water partition coefficient (Wildman–Crippen LogP) is 2.08. The zero-order valence-electron chi connectivity index (χ0n) is 21.8. The molecule has 0 aromatic rings. The minimum absolute atomic E-state index is 0.0325. The van der Waals surface area contributed by atoms with E-state index in [2.05, 4.69) is 41.8 Å². The van der Waals surface area contributed by atoms with Crippen LogP contribution in [0.15, 0.2) is 36.5 Å². The van der Waals surface area contributed by atoms with E-state index in [4.69, 9.17) is 20.9 Å². The van der Waals surface area contributed by atoms with Gasteiger partial charge >= 0.3 is 23.9 Å². The summed E-state index contributed by atoms with van der Waals surface area (Å²) in [7, 11) is 0. The van der Waals surface area contributed by atoms with E-state index in [0.29, 0.717) is 35.6 Å². The monoisotopic (exact) mass is 550 g/mol. The molecule has 12 heteroatoms. The topological polar surface area (TPSA) is 157 Å². The molecule has 0 aliphatic heterocycles. The molecule has 0 radical (unpaired) electrons. The molecule has 0 saturated carbocycles. The molecule has 0 saturated heterocycles. The summed E-state index contributed by atoms with van der Waals surface area (Å²) in [6, 6.07) is 0. The van der Waals surface area contributed by atoms with Crippen LogP contribution in [0.3, 0.4) is 0 Å². The highest BCUT2D eigenvalue weighted by atomic mass is 32.2. The molecular weight excluding hydrogens is 508 g/mol. The number of thioether (sulfide) groups is 1. The summed E-state index contributed by atoms with van der Waals surface area (Å²) in [5, 5.41) is 0. The summed E-state index contributed by atoms with van der Waals surface area (Å²) in [5.41, 5.74) is 11.3.